The van der Waals surface area contributed by atoms with Gasteiger partial charge in [-0.15, -0.1) is 0 Å². The first-order valence-electron chi connectivity index (χ1n) is 10.1. The van der Waals surface area contributed by atoms with E-state index < -0.39 is 5.60 Å². The Morgan fingerprint density at radius 1 is 1.03 bits per heavy atom. The average molecular weight is 428 g/mol. The van der Waals surface area contributed by atoms with Gasteiger partial charge in [-0.2, -0.15) is 0 Å². The number of nitrogens with zero attached hydrogens (tertiary/aromatic N) is 5. The number of carbonyl (C=O) groups excluding carboxylic acids is 2. The average Bonchev–Trinajstić information content (AvgIpc) is 2.72. The molecule has 1 aliphatic rings. The lowest BCUT2D eigenvalue weighted by Gasteiger charge is -2.35. The maximum absolute atomic E-state index is 12.2. The number of aromatic nitrogens is 3. The van der Waals surface area contributed by atoms with E-state index in [9.17, 15) is 9.59 Å². The number of anilines is 2. The smallest absolute Gasteiger partial charge is 0.410 e. The van der Waals surface area contributed by atoms with Gasteiger partial charge in [0.1, 0.15) is 18.0 Å². The molecule has 1 fully saturated rings. The summed E-state index contributed by atoms with van der Waals surface area (Å²) in [5, 5.41) is 2.62. The molecule has 0 unspecified atom stereocenters. The molecule has 31 heavy (non-hydrogen) atoms. The van der Waals surface area contributed by atoms with Crippen LogP contribution in [0.2, 0.25) is 0 Å². The largest absolute Gasteiger partial charge is 0.486 e. The Hall–Kier alpha value is -3.43. The number of rotatable bonds is 5. The van der Waals surface area contributed by atoms with E-state index in [0.717, 1.165) is 5.56 Å². The molecule has 10 heteroatoms. The summed E-state index contributed by atoms with van der Waals surface area (Å²) in [7, 11) is 0. The lowest BCUT2D eigenvalue weighted by Crippen LogP contribution is -2.50. The molecular formula is C21H28N6O4. The zero-order valence-corrected chi connectivity index (χ0v) is 18.3. The van der Waals surface area contributed by atoms with Crippen LogP contribution in [0.1, 0.15) is 33.3 Å². The van der Waals surface area contributed by atoms with Crippen LogP contribution in [0.25, 0.3) is 0 Å². The summed E-state index contributed by atoms with van der Waals surface area (Å²) in [4.78, 5) is 39.8. The molecule has 3 rings (SSSR count). The van der Waals surface area contributed by atoms with Crippen LogP contribution in [0.5, 0.6) is 5.75 Å². The van der Waals surface area contributed by atoms with Gasteiger partial charge in [-0.1, -0.05) is 6.07 Å². The van der Waals surface area contributed by atoms with E-state index in [1.165, 1.54) is 6.92 Å². The fourth-order valence-corrected chi connectivity index (χ4v) is 2.89. The third-order valence-electron chi connectivity index (χ3n) is 4.36. The van der Waals surface area contributed by atoms with Crippen LogP contribution in [0, 0.1) is 0 Å². The number of hydrogen-bond donors (Lipinski definition) is 1. The number of nitrogens with one attached hydrogen (secondary N) is 1. The molecule has 0 radical (unpaired) electrons. The predicted octanol–water partition coefficient (Wildman–Crippen LogP) is 2.47. The summed E-state index contributed by atoms with van der Waals surface area (Å²) in [5.41, 5.74) is 0.355. The quantitative estimate of drug-likeness (QED) is 0.773. The molecule has 0 atom stereocenters. The maximum atomic E-state index is 12.2. The number of hydrogen-bond acceptors (Lipinski definition) is 8. The first-order chi connectivity index (χ1) is 14.7. The highest BCUT2D eigenvalue weighted by atomic mass is 16.6. The molecule has 2 aromatic rings. The minimum Gasteiger partial charge on any atom is -0.486 e. The molecule has 10 nitrogen and oxygen atoms in total. The van der Waals surface area contributed by atoms with Gasteiger partial charge in [0, 0.05) is 44.9 Å². The van der Waals surface area contributed by atoms with Crippen LogP contribution in [-0.2, 0) is 16.1 Å². The number of piperazine rings is 1. The van der Waals surface area contributed by atoms with E-state index in [2.05, 4.69) is 20.3 Å². The van der Waals surface area contributed by atoms with Crippen LogP contribution in [0.15, 0.2) is 30.7 Å². The van der Waals surface area contributed by atoms with Crippen molar-refractivity contribution >= 4 is 23.8 Å². The summed E-state index contributed by atoms with van der Waals surface area (Å²) in [6.45, 7) is 9.68. The number of ether oxygens (including phenoxy) is 2. The minimum atomic E-state index is -0.503. The Bertz CT molecular complexity index is 888. The molecule has 1 saturated heterocycles. The van der Waals surface area contributed by atoms with Crippen molar-refractivity contribution in [1.82, 2.24) is 19.9 Å². The van der Waals surface area contributed by atoms with E-state index in [-0.39, 0.29) is 12.0 Å². The SMILES string of the molecule is CC(=O)Nc1ccc(COc2cnc(N3CCN(C(=O)OC(C)(C)C)CC3)nc2)cn1. The fourth-order valence-electron chi connectivity index (χ4n) is 2.89. The monoisotopic (exact) mass is 428 g/mol. The molecule has 1 N–H and O–H groups in total. The summed E-state index contributed by atoms with van der Waals surface area (Å²) >= 11 is 0. The van der Waals surface area contributed by atoms with Crippen molar-refractivity contribution in [2.75, 3.05) is 36.4 Å². The Kier molecular flexibility index (Phi) is 6.88. The Labute approximate surface area is 181 Å². The number of carbonyl (C=O) groups is 2. The highest BCUT2D eigenvalue weighted by molar-refractivity contribution is 5.87. The fraction of sp³-hybridized carbons (Fsp3) is 0.476. The van der Waals surface area contributed by atoms with E-state index in [1.807, 2.05) is 31.7 Å². The molecule has 0 saturated carbocycles. The van der Waals surface area contributed by atoms with Crippen molar-refractivity contribution in [3.63, 3.8) is 0 Å². The molecule has 0 bridgehead atoms. The molecule has 0 aliphatic carbocycles. The molecule has 0 spiro atoms. The number of amides is 2. The van der Waals surface area contributed by atoms with Crippen LogP contribution >= 0.6 is 0 Å². The third-order valence-corrected chi connectivity index (χ3v) is 4.36. The summed E-state index contributed by atoms with van der Waals surface area (Å²) in [5.74, 6) is 1.47. The Morgan fingerprint density at radius 3 is 2.26 bits per heavy atom. The first kappa shape index (κ1) is 22.3. The molecule has 2 aromatic heterocycles. The lowest BCUT2D eigenvalue weighted by molar-refractivity contribution is -0.114. The van der Waals surface area contributed by atoms with Crippen LogP contribution < -0.4 is 15.0 Å². The van der Waals surface area contributed by atoms with Gasteiger partial charge in [0.05, 0.1) is 12.4 Å². The van der Waals surface area contributed by atoms with Gasteiger partial charge < -0.3 is 24.6 Å². The van der Waals surface area contributed by atoms with E-state index in [1.54, 1.807) is 29.6 Å². The Balaban J connectivity index is 1.47. The van der Waals surface area contributed by atoms with E-state index in [0.29, 0.717) is 50.3 Å². The highest BCUT2D eigenvalue weighted by Crippen LogP contribution is 2.17. The zero-order valence-electron chi connectivity index (χ0n) is 18.3. The highest BCUT2D eigenvalue weighted by Gasteiger charge is 2.26. The third kappa shape index (κ3) is 6.80. The van der Waals surface area contributed by atoms with Gasteiger partial charge in [-0.3, -0.25) is 4.79 Å². The van der Waals surface area contributed by atoms with Gasteiger partial charge in [-0.05, 0) is 26.8 Å². The standard InChI is InChI=1S/C21H28N6O4/c1-15(28)25-18-6-5-16(11-22-18)14-30-17-12-23-19(24-13-17)26-7-9-27(10-8-26)20(29)31-21(2,3)4/h5-6,11-13H,7-10,14H2,1-4H3,(H,22,25,28). The van der Waals surface area contributed by atoms with Gasteiger partial charge in [0.2, 0.25) is 11.9 Å². The molecular weight excluding hydrogens is 400 g/mol. The normalized spacial score (nSPS) is 14.2. The van der Waals surface area contributed by atoms with E-state index in [4.69, 9.17) is 9.47 Å². The topological polar surface area (TPSA) is 110 Å². The van der Waals surface area contributed by atoms with E-state index >= 15 is 0 Å². The predicted molar refractivity (Wildman–Crippen MR) is 115 cm³/mol. The molecule has 3 heterocycles. The molecule has 2 amide bonds. The second-order valence-corrected chi connectivity index (χ2v) is 8.19. The van der Waals surface area contributed by atoms with Gasteiger partial charge in [0.25, 0.3) is 0 Å². The second kappa shape index (κ2) is 9.59. The van der Waals surface area contributed by atoms with Crippen LogP contribution in [0.4, 0.5) is 16.6 Å². The maximum Gasteiger partial charge on any atom is 0.410 e. The molecule has 0 aromatic carbocycles. The van der Waals surface area contributed by atoms with Gasteiger partial charge >= 0.3 is 6.09 Å². The van der Waals surface area contributed by atoms with Gasteiger partial charge in [0.15, 0.2) is 5.75 Å². The van der Waals surface area contributed by atoms with Gasteiger partial charge in [-0.25, -0.2) is 19.7 Å². The van der Waals surface area contributed by atoms with Crippen LogP contribution in [0.3, 0.4) is 0 Å². The summed E-state index contributed by atoms with van der Waals surface area (Å²) in [6, 6.07) is 3.55. The van der Waals surface area contributed by atoms with Crippen molar-refractivity contribution in [1.29, 1.82) is 0 Å². The van der Waals surface area contributed by atoms with Crippen molar-refractivity contribution in [2.24, 2.45) is 0 Å². The van der Waals surface area contributed by atoms with Crippen molar-refractivity contribution < 1.29 is 19.1 Å². The van der Waals surface area contributed by atoms with Crippen molar-refractivity contribution in [3.05, 3.63) is 36.3 Å². The molecule has 1 aliphatic heterocycles. The zero-order chi connectivity index (χ0) is 22.4. The minimum absolute atomic E-state index is 0.167. The number of pyridine rings is 1. The van der Waals surface area contributed by atoms with Crippen LogP contribution in [-0.4, -0.2) is 63.6 Å². The molecule has 166 valence electrons. The second-order valence-electron chi connectivity index (χ2n) is 8.19. The lowest BCUT2D eigenvalue weighted by atomic mass is 10.2. The summed E-state index contributed by atoms with van der Waals surface area (Å²) in [6.07, 6.45) is 4.60. The van der Waals surface area contributed by atoms with Crippen molar-refractivity contribution in [3.8, 4) is 5.75 Å². The first-order valence-corrected chi connectivity index (χ1v) is 10.1. The summed E-state index contributed by atoms with van der Waals surface area (Å²) < 4.78 is 11.1. The Morgan fingerprint density at radius 2 is 1.71 bits per heavy atom. The van der Waals surface area contributed by atoms with Crippen molar-refractivity contribution in [2.45, 2.75) is 39.9 Å².